The van der Waals surface area contributed by atoms with E-state index in [1.807, 2.05) is 31.2 Å². The van der Waals surface area contributed by atoms with Crippen molar-refractivity contribution < 1.29 is 19.1 Å². The van der Waals surface area contributed by atoms with Crippen LogP contribution in [0, 0.1) is 6.92 Å². The van der Waals surface area contributed by atoms with Crippen LogP contribution in [0.4, 0.5) is 4.79 Å². The lowest BCUT2D eigenvalue weighted by Crippen LogP contribution is -2.43. The maximum Gasteiger partial charge on any atom is 0.349 e. The molecule has 29 heavy (non-hydrogen) atoms. The minimum absolute atomic E-state index is 0.341. The first-order chi connectivity index (χ1) is 13.8. The topological polar surface area (TPSA) is 102 Å². The van der Waals surface area contributed by atoms with Gasteiger partial charge in [0.15, 0.2) is 6.10 Å². The first-order valence-corrected chi connectivity index (χ1v) is 9.93. The number of fused-ring (bicyclic) bond motifs is 1. The monoisotopic (exact) mass is 434 g/mol. The number of rotatable bonds is 5. The lowest BCUT2D eigenvalue weighted by atomic mass is 10.2. The molecular formula is C19H19ClN4O4S. The fourth-order valence-electron chi connectivity index (χ4n) is 2.66. The second kappa shape index (κ2) is 8.62. The molecule has 0 saturated heterocycles. The summed E-state index contributed by atoms with van der Waals surface area (Å²) in [4.78, 5) is 36.7. The Morgan fingerprint density at radius 2 is 2.03 bits per heavy atom. The zero-order valence-electron chi connectivity index (χ0n) is 16.0. The van der Waals surface area contributed by atoms with Gasteiger partial charge in [0.2, 0.25) is 0 Å². The predicted molar refractivity (Wildman–Crippen MR) is 110 cm³/mol. The number of amides is 3. The first kappa shape index (κ1) is 20.8. The molecule has 0 aliphatic rings. The van der Waals surface area contributed by atoms with Crippen molar-refractivity contribution in [3.63, 3.8) is 0 Å². The number of aromatic nitrogens is 2. The second-order valence-corrected chi connectivity index (χ2v) is 7.72. The fraction of sp³-hybridized carbons (Fsp3) is 0.263. The van der Waals surface area contributed by atoms with Gasteiger partial charge in [-0.2, -0.15) is 5.10 Å². The number of hydrogen-bond donors (Lipinski definition) is 2. The van der Waals surface area contributed by atoms with Crippen LogP contribution in [0.3, 0.4) is 0 Å². The molecule has 0 aliphatic heterocycles. The molecule has 0 fully saturated rings. The number of carbonyl (C=O) groups is 3. The summed E-state index contributed by atoms with van der Waals surface area (Å²) in [5, 5.41) is 10.3. The molecule has 0 unspecified atom stereocenters. The van der Waals surface area contributed by atoms with E-state index >= 15 is 0 Å². The van der Waals surface area contributed by atoms with E-state index in [9.17, 15) is 14.4 Å². The highest BCUT2D eigenvalue weighted by Crippen LogP contribution is 2.30. The SMILES string of the molecule is CNC(=O)NC(=O)[C@H](C)OC(=O)c1cc2c(C)nn(Cc3ccccc3Cl)c2s1. The van der Waals surface area contributed by atoms with Gasteiger partial charge in [0, 0.05) is 17.5 Å². The Balaban J connectivity index is 1.79. The summed E-state index contributed by atoms with van der Waals surface area (Å²) >= 11 is 7.46. The van der Waals surface area contributed by atoms with Crippen molar-refractivity contribution in [2.45, 2.75) is 26.5 Å². The smallest absolute Gasteiger partial charge is 0.349 e. The fourth-order valence-corrected chi connectivity index (χ4v) is 3.90. The third kappa shape index (κ3) is 4.57. The predicted octanol–water partition coefficient (Wildman–Crippen LogP) is 3.11. The van der Waals surface area contributed by atoms with Gasteiger partial charge in [0.05, 0.1) is 12.2 Å². The van der Waals surface area contributed by atoms with Crippen LogP contribution in [0.2, 0.25) is 5.02 Å². The van der Waals surface area contributed by atoms with Crippen LogP contribution in [0.5, 0.6) is 0 Å². The van der Waals surface area contributed by atoms with Gasteiger partial charge < -0.3 is 10.1 Å². The number of aryl methyl sites for hydroxylation is 1. The van der Waals surface area contributed by atoms with Crippen molar-refractivity contribution >= 4 is 51.1 Å². The zero-order valence-corrected chi connectivity index (χ0v) is 17.6. The molecule has 2 N–H and O–H groups in total. The van der Waals surface area contributed by atoms with Gasteiger partial charge in [0.25, 0.3) is 5.91 Å². The Morgan fingerprint density at radius 3 is 2.72 bits per heavy atom. The van der Waals surface area contributed by atoms with Crippen molar-refractivity contribution in [2.75, 3.05) is 7.05 Å². The van der Waals surface area contributed by atoms with E-state index in [0.717, 1.165) is 21.5 Å². The highest BCUT2D eigenvalue weighted by molar-refractivity contribution is 7.20. The normalized spacial score (nSPS) is 11.9. The molecule has 8 nitrogen and oxygen atoms in total. The van der Waals surface area contributed by atoms with Crippen LogP contribution in [0.1, 0.15) is 27.9 Å². The molecule has 3 amide bonds. The summed E-state index contributed by atoms with van der Waals surface area (Å²) < 4.78 is 6.98. The Bertz CT molecular complexity index is 1090. The van der Waals surface area contributed by atoms with Gasteiger partial charge in [-0.1, -0.05) is 29.8 Å². The lowest BCUT2D eigenvalue weighted by molar-refractivity contribution is -0.127. The molecule has 2 heterocycles. The number of benzene rings is 1. The number of carbonyl (C=O) groups excluding carboxylic acids is 3. The minimum Gasteiger partial charge on any atom is -0.448 e. The third-order valence-electron chi connectivity index (χ3n) is 4.20. The zero-order chi connectivity index (χ0) is 21.1. The molecule has 0 aliphatic carbocycles. The molecular weight excluding hydrogens is 416 g/mol. The van der Waals surface area contributed by atoms with Crippen molar-refractivity contribution in [3.8, 4) is 0 Å². The van der Waals surface area contributed by atoms with Gasteiger partial charge in [-0.25, -0.2) is 9.59 Å². The van der Waals surface area contributed by atoms with Gasteiger partial charge >= 0.3 is 12.0 Å². The maximum atomic E-state index is 12.5. The van der Waals surface area contributed by atoms with Gasteiger partial charge in [-0.3, -0.25) is 14.8 Å². The summed E-state index contributed by atoms with van der Waals surface area (Å²) in [5.74, 6) is -1.35. The van der Waals surface area contributed by atoms with Crippen LogP contribution in [-0.2, 0) is 16.1 Å². The molecule has 152 valence electrons. The molecule has 10 heteroatoms. The second-order valence-electron chi connectivity index (χ2n) is 6.28. The number of ether oxygens (including phenoxy) is 1. The first-order valence-electron chi connectivity index (χ1n) is 8.74. The molecule has 1 aromatic carbocycles. The summed E-state index contributed by atoms with van der Waals surface area (Å²) in [7, 11) is 1.38. The standard InChI is InChI=1S/C19H19ClN4O4S/c1-10-13-8-15(18(26)28-11(2)16(25)22-19(27)21-3)29-17(13)24(23-10)9-12-6-4-5-7-14(12)20/h4-8,11H,9H2,1-3H3,(H2,21,22,25,27)/t11-/m0/s1. The van der Waals surface area contributed by atoms with E-state index in [4.69, 9.17) is 16.3 Å². The molecule has 3 aromatic rings. The van der Waals surface area contributed by atoms with E-state index < -0.39 is 24.0 Å². The molecule has 0 radical (unpaired) electrons. The highest BCUT2D eigenvalue weighted by Gasteiger charge is 2.23. The largest absolute Gasteiger partial charge is 0.448 e. The van der Waals surface area contributed by atoms with Crippen molar-refractivity contribution in [3.05, 3.63) is 51.5 Å². The van der Waals surface area contributed by atoms with Crippen molar-refractivity contribution in [2.24, 2.45) is 0 Å². The van der Waals surface area contributed by atoms with E-state index in [-0.39, 0.29) is 0 Å². The molecule has 1 atom stereocenters. The van der Waals surface area contributed by atoms with Gasteiger partial charge in [-0.05, 0) is 31.5 Å². The van der Waals surface area contributed by atoms with Gasteiger partial charge in [-0.15, -0.1) is 11.3 Å². The summed E-state index contributed by atoms with van der Waals surface area (Å²) in [5.41, 5.74) is 1.68. The maximum absolute atomic E-state index is 12.5. The molecule has 2 aromatic heterocycles. The minimum atomic E-state index is -1.12. The average Bonchev–Trinajstić information content (AvgIpc) is 3.25. The Labute approximate surface area is 175 Å². The number of imide groups is 1. The number of halogens is 1. The number of esters is 1. The molecule has 0 saturated carbocycles. The number of thiophene rings is 1. The number of nitrogens with zero attached hydrogens (tertiary/aromatic N) is 2. The summed E-state index contributed by atoms with van der Waals surface area (Å²) in [6.07, 6.45) is -1.12. The third-order valence-corrected chi connectivity index (χ3v) is 5.70. The molecule has 3 rings (SSSR count). The van der Waals surface area contributed by atoms with Crippen LogP contribution in [0.25, 0.3) is 10.2 Å². The van der Waals surface area contributed by atoms with Crippen molar-refractivity contribution in [1.82, 2.24) is 20.4 Å². The van der Waals surface area contributed by atoms with Crippen LogP contribution >= 0.6 is 22.9 Å². The average molecular weight is 435 g/mol. The number of nitrogens with one attached hydrogen (secondary N) is 2. The number of hydrogen-bond acceptors (Lipinski definition) is 6. The quantitative estimate of drug-likeness (QED) is 0.600. The Hall–Kier alpha value is -2.91. The van der Waals surface area contributed by atoms with Crippen LogP contribution in [0.15, 0.2) is 30.3 Å². The van der Waals surface area contributed by atoms with Crippen molar-refractivity contribution in [1.29, 1.82) is 0 Å². The molecule has 0 bridgehead atoms. The Morgan fingerprint density at radius 1 is 1.31 bits per heavy atom. The van der Waals surface area contributed by atoms with E-state index in [0.29, 0.717) is 16.4 Å². The van der Waals surface area contributed by atoms with E-state index in [2.05, 4.69) is 15.7 Å². The highest BCUT2D eigenvalue weighted by atomic mass is 35.5. The summed E-state index contributed by atoms with van der Waals surface area (Å²) in [6.45, 7) is 3.71. The lowest BCUT2D eigenvalue weighted by Gasteiger charge is -2.11. The van der Waals surface area contributed by atoms with Crippen LogP contribution in [-0.4, -0.2) is 40.8 Å². The van der Waals surface area contributed by atoms with E-state index in [1.54, 1.807) is 10.7 Å². The van der Waals surface area contributed by atoms with Gasteiger partial charge in [0.1, 0.15) is 9.71 Å². The number of urea groups is 1. The molecule has 0 spiro atoms. The summed E-state index contributed by atoms with van der Waals surface area (Å²) in [6, 6.07) is 8.51. The van der Waals surface area contributed by atoms with E-state index in [1.165, 1.54) is 25.3 Å². The Kier molecular flexibility index (Phi) is 6.19. The van der Waals surface area contributed by atoms with Crippen LogP contribution < -0.4 is 10.6 Å².